The van der Waals surface area contributed by atoms with Crippen LogP contribution in [-0.4, -0.2) is 32.7 Å². The second-order valence-corrected chi connectivity index (χ2v) is 4.72. The lowest BCUT2D eigenvalue weighted by molar-refractivity contribution is -0.154. The lowest BCUT2D eigenvalue weighted by Crippen LogP contribution is -2.19. The summed E-state index contributed by atoms with van der Waals surface area (Å²) < 4.78 is 53.9. The minimum absolute atomic E-state index is 0.00738. The number of benzene rings is 1. The van der Waals surface area contributed by atoms with Crippen LogP contribution in [0.2, 0.25) is 0 Å². The maximum Gasteiger partial charge on any atom is 0.422 e. The van der Waals surface area contributed by atoms with E-state index in [9.17, 15) is 22.4 Å². The molecular formula is C14H8F4N4O2. The molecule has 0 unspecified atom stereocenters. The summed E-state index contributed by atoms with van der Waals surface area (Å²) in [6.07, 6.45) is -2.43. The van der Waals surface area contributed by atoms with Gasteiger partial charge in [0.1, 0.15) is 11.5 Å². The highest BCUT2D eigenvalue weighted by molar-refractivity contribution is 5.79. The van der Waals surface area contributed by atoms with E-state index in [4.69, 9.17) is 0 Å². The van der Waals surface area contributed by atoms with Crippen LogP contribution >= 0.6 is 0 Å². The van der Waals surface area contributed by atoms with Gasteiger partial charge in [0, 0.05) is 6.07 Å². The lowest BCUT2D eigenvalue weighted by Gasteiger charge is -2.08. The lowest BCUT2D eigenvalue weighted by atomic mass is 10.2. The SMILES string of the molecule is O=c1[nH]c(-c2cnc(OCC(F)(F)F)cn2)nc2cc(F)ccc12. The summed E-state index contributed by atoms with van der Waals surface area (Å²) in [7, 11) is 0. The Morgan fingerprint density at radius 3 is 2.62 bits per heavy atom. The fraction of sp³-hybridized carbons (Fsp3) is 0.143. The van der Waals surface area contributed by atoms with Gasteiger partial charge < -0.3 is 9.72 Å². The third-order valence-electron chi connectivity index (χ3n) is 2.92. The quantitative estimate of drug-likeness (QED) is 0.741. The molecule has 0 fully saturated rings. The molecule has 24 heavy (non-hydrogen) atoms. The van der Waals surface area contributed by atoms with E-state index in [0.717, 1.165) is 24.5 Å². The van der Waals surface area contributed by atoms with Crippen molar-refractivity contribution in [2.24, 2.45) is 0 Å². The van der Waals surface area contributed by atoms with Crippen LogP contribution in [0.3, 0.4) is 0 Å². The molecule has 3 rings (SSSR count). The zero-order chi connectivity index (χ0) is 17.3. The molecule has 1 N–H and O–H groups in total. The zero-order valence-corrected chi connectivity index (χ0v) is 11.8. The van der Waals surface area contributed by atoms with Crippen LogP contribution in [0.15, 0.2) is 35.4 Å². The molecule has 124 valence electrons. The molecule has 0 spiro atoms. The van der Waals surface area contributed by atoms with Gasteiger partial charge in [-0.3, -0.25) is 4.79 Å². The van der Waals surface area contributed by atoms with Crippen molar-refractivity contribution >= 4 is 10.9 Å². The number of ether oxygens (including phenoxy) is 1. The Balaban J connectivity index is 1.91. The van der Waals surface area contributed by atoms with E-state index in [1.165, 1.54) is 6.07 Å². The molecular weight excluding hydrogens is 332 g/mol. The molecule has 2 heterocycles. The number of rotatable bonds is 3. The van der Waals surface area contributed by atoms with Gasteiger partial charge in [-0.05, 0) is 12.1 Å². The van der Waals surface area contributed by atoms with Gasteiger partial charge in [0.2, 0.25) is 5.88 Å². The number of H-pyrrole nitrogens is 1. The van der Waals surface area contributed by atoms with Gasteiger partial charge in [-0.1, -0.05) is 0 Å². The first-order valence-electron chi connectivity index (χ1n) is 6.53. The van der Waals surface area contributed by atoms with Gasteiger partial charge in [-0.25, -0.2) is 19.3 Å². The molecule has 6 nitrogen and oxygen atoms in total. The zero-order valence-electron chi connectivity index (χ0n) is 11.8. The number of aromatic nitrogens is 4. The highest BCUT2D eigenvalue weighted by Gasteiger charge is 2.28. The molecule has 1 aromatic carbocycles. The molecule has 0 saturated carbocycles. The average molecular weight is 340 g/mol. The Hall–Kier alpha value is -3.04. The summed E-state index contributed by atoms with van der Waals surface area (Å²) in [5.74, 6) is -0.883. The van der Waals surface area contributed by atoms with Gasteiger partial charge in [0.15, 0.2) is 12.4 Å². The van der Waals surface area contributed by atoms with Crippen molar-refractivity contribution in [1.29, 1.82) is 0 Å². The van der Waals surface area contributed by atoms with Crippen LogP contribution in [0.5, 0.6) is 5.88 Å². The van der Waals surface area contributed by atoms with Gasteiger partial charge in [0.25, 0.3) is 5.56 Å². The molecule has 0 amide bonds. The predicted octanol–water partition coefficient (Wildman–Crippen LogP) is 2.46. The monoisotopic (exact) mass is 340 g/mol. The number of hydrogen-bond donors (Lipinski definition) is 1. The van der Waals surface area contributed by atoms with E-state index < -0.39 is 24.2 Å². The highest BCUT2D eigenvalue weighted by Crippen LogP contribution is 2.18. The Labute approximate surface area is 131 Å². The molecule has 0 aliphatic carbocycles. The smallest absolute Gasteiger partial charge is 0.422 e. The Kier molecular flexibility index (Phi) is 3.87. The van der Waals surface area contributed by atoms with Crippen molar-refractivity contribution in [3.05, 3.63) is 46.8 Å². The van der Waals surface area contributed by atoms with Gasteiger partial charge in [0.05, 0.1) is 23.3 Å². The molecule has 0 saturated heterocycles. The number of halogens is 4. The van der Waals surface area contributed by atoms with Crippen LogP contribution in [0.4, 0.5) is 17.6 Å². The Morgan fingerprint density at radius 1 is 1.17 bits per heavy atom. The molecule has 0 aliphatic heterocycles. The van der Waals surface area contributed by atoms with E-state index in [-0.39, 0.29) is 28.3 Å². The fourth-order valence-corrected chi connectivity index (χ4v) is 1.90. The summed E-state index contributed by atoms with van der Waals surface area (Å²) in [5.41, 5.74) is -0.292. The van der Waals surface area contributed by atoms with Crippen LogP contribution < -0.4 is 10.3 Å². The molecule has 0 atom stereocenters. The number of nitrogens with zero attached hydrogens (tertiary/aromatic N) is 3. The number of hydrogen-bond acceptors (Lipinski definition) is 5. The van der Waals surface area contributed by atoms with Crippen molar-refractivity contribution in [2.45, 2.75) is 6.18 Å². The second-order valence-electron chi connectivity index (χ2n) is 4.72. The first kappa shape index (κ1) is 15.8. The van der Waals surface area contributed by atoms with Crippen molar-refractivity contribution in [2.75, 3.05) is 6.61 Å². The van der Waals surface area contributed by atoms with Crippen molar-refractivity contribution in [3.63, 3.8) is 0 Å². The van der Waals surface area contributed by atoms with E-state index in [2.05, 4.69) is 24.7 Å². The van der Waals surface area contributed by atoms with E-state index in [1.807, 2.05) is 0 Å². The van der Waals surface area contributed by atoms with Crippen molar-refractivity contribution in [1.82, 2.24) is 19.9 Å². The minimum atomic E-state index is -4.49. The molecule has 0 radical (unpaired) electrons. The standard InChI is InChI=1S/C14H8F4N4O2/c15-7-1-2-8-9(3-7)21-12(22-13(8)23)10-4-20-11(5-19-10)24-6-14(16,17)18/h1-5H,6H2,(H,21,22,23). The Morgan fingerprint density at radius 2 is 1.96 bits per heavy atom. The molecule has 0 bridgehead atoms. The van der Waals surface area contributed by atoms with Crippen molar-refractivity contribution < 1.29 is 22.3 Å². The molecule has 2 aromatic heterocycles. The highest BCUT2D eigenvalue weighted by atomic mass is 19.4. The second kappa shape index (κ2) is 5.87. The van der Waals surface area contributed by atoms with E-state index >= 15 is 0 Å². The topological polar surface area (TPSA) is 80.8 Å². The summed E-state index contributed by atoms with van der Waals surface area (Å²) in [5, 5.41) is 0.193. The first-order chi connectivity index (χ1) is 11.3. The van der Waals surface area contributed by atoms with E-state index in [0.29, 0.717) is 0 Å². The van der Waals surface area contributed by atoms with Gasteiger partial charge in [-0.2, -0.15) is 13.2 Å². The predicted molar refractivity (Wildman–Crippen MR) is 74.9 cm³/mol. The number of nitrogens with one attached hydrogen (secondary N) is 1. The third kappa shape index (κ3) is 3.47. The normalized spacial score (nSPS) is 11.7. The first-order valence-corrected chi connectivity index (χ1v) is 6.53. The number of aromatic amines is 1. The Bertz CT molecular complexity index is 938. The summed E-state index contributed by atoms with van der Waals surface area (Å²) in [6.45, 7) is -1.49. The molecule has 0 aliphatic rings. The summed E-state index contributed by atoms with van der Waals surface area (Å²) >= 11 is 0. The number of alkyl halides is 3. The van der Waals surface area contributed by atoms with E-state index in [1.54, 1.807) is 0 Å². The third-order valence-corrected chi connectivity index (χ3v) is 2.92. The minimum Gasteiger partial charge on any atom is -0.467 e. The van der Waals surface area contributed by atoms with Gasteiger partial charge >= 0.3 is 6.18 Å². The van der Waals surface area contributed by atoms with Crippen LogP contribution in [0.1, 0.15) is 0 Å². The fourth-order valence-electron chi connectivity index (χ4n) is 1.90. The van der Waals surface area contributed by atoms with Crippen LogP contribution in [-0.2, 0) is 0 Å². The number of fused-ring (bicyclic) bond motifs is 1. The van der Waals surface area contributed by atoms with Crippen LogP contribution in [0, 0.1) is 5.82 Å². The maximum absolute atomic E-state index is 13.2. The van der Waals surface area contributed by atoms with Gasteiger partial charge in [-0.15, -0.1) is 0 Å². The molecule has 3 aromatic rings. The summed E-state index contributed by atoms with van der Waals surface area (Å²) in [4.78, 5) is 26.0. The average Bonchev–Trinajstić information content (AvgIpc) is 2.52. The summed E-state index contributed by atoms with van der Waals surface area (Å²) in [6, 6.07) is 3.51. The largest absolute Gasteiger partial charge is 0.467 e. The van der Waals surface area contributed by atoms with Crippen molar-refractivity contribution in [3.8, 4) is 17.4 Å². The van der Waals surface area contributed by atoms with Crippen LogP contribution in [0.25, 0.3) is 22.4 Å². The molecule has 10 heteroatoms. The maximum atomic E-state index is 13.2.